The molecule has 2 amide bonds. The van der Waals surface area contributed by atoms with Crippen molar-refractivity contribution in [2.24, 2.45) is 0 Å². The molecular formula is C14H18N2O3. The predicted molar refractivity (Wildman–Crippen MR) is 70.4 cm³/mol. The minimum absolute atomic E-state index is 0.0349. The van der Waals surface area contributed by atoms with Crippen molar-refractivity contribution in [1.29, 1.82) is 0 Å². The van der Waals surface area contributed by atoms with Crippen LogP contribution in [0.1, 0.15) is 28.8 Å². The van der Waals surface area contributed by atoms with E-state index in [0.717, 1.165) is 18.4 Å². The molecule has 1 saturated heterocycles. The minimum atomic E-state index is -0.242. The van der Waals surface area contributed by atoms with Crippen molar-refractivity contribution >= 4 is 11.8 Å². The molecule has 1 aromatic rings. The van der Waals surface area contributed by atoms with Crippen LogP contribution in [-0.4, -0.2) is 36.6 Å². The minimum Gasteiger partial charge on any atom is -0.343 e. The zero-order valence-electron chi connectivity index (χ0n) is 11.0. The number of amides is 2. The summed E-state index contributed by atoms with van der Waals surface area (Å²) in [5, 5.41) is 3.95. The van der Waals surface area contributed by atoms with E-state index in [0.29, 0.717) is 18.7 Å². The van der Waals surface area contributed by atoms with E-state index in [1.54, 1.807) is 12.1 Å². The Morgan fingerprint density at radius 2 is 2.21 bits per heavy atom. The molecule has 1 heterocycles. The maximum atomic E-state index is 11.9. The lowest BCUT2D eigenvalue weighted by atomic mass is 10.1. The monoisotopic (exact) mass is 262 g/mol. The van der Waals surface area contributed by atoms with Crippen molar-refractivity contribution in [3.05, 3.63) is 35.4 Å². The van der Waals surface area contributed by atoms with Gasteiger partial charge in [0.15, 0.2) is 0 Å². The Morgan fingerprint density at radius 3 is 2.89 bits per heavy atom. The van der Waals surface area contributed by atoms with Crippen molar-refractivity contribution in [1.82, 2.24) is 10.4 Å². The van der Waals surface area contributed by atoms with Crippen LogP contribution in [-0.2, 0) is 9.63 Å². The number of benzene rings is 1. The van der Waals surface area contributed by atoms with E-state index in [1.165, 1.54) is 5.06 Å². The van der Waals surface area contributed by atoms with Crippen LogP contribution in [0.3, 0.4) is 0 Å². The van der Waals surface area contributed by atoms with Gasteiger partial charge >= 0.3 is 0 Å². The number of hydroxylamine groups is 2. The van der Waals surface area contributed by atoms with Crippen LogP contribution in [0, 0.1) is 6.92 Å². The summed E-state index contributed by atoms with van der Waals surface area (Å²) in [6.07, 6.45) is 1.91. The largest absolute Gasteiger partial charge is 0.343 e. The lowest BCUT2D eigenvalue weighted by Crippen LogP contribution is -2.42. The van der Waals surface area contributed by atoms with E-state index in [9.17, 15) is 9.59 Å². The molecule has 0 saturated carbocycles. The molecule has 1 aliphatic rings. The molecule has 0 atom stereocenters. The van der Waals surface area contributed by atoms with Crippen LogP contribution >= 0.6 is 0 Å². The molecule has 0 unspecified atom stereocenters. The maximum Gasteiger partial charge on any atom is 0.265 e. The quantitative estimate of drug-likeness (QED) is 0.892. The van der Waals surface area contributed by atoms with E-state index in [2.05, 4.69) is 5.32 Å². The second-order valence-electron chi connectivity index (χ2n) is 4.59. The first kappa shape index (κ1) is 13.5. The standard InChI is InChI=1S/C14H18N2O3/c1-11-5-4-6-12(9-11)14(18)15-10-13(17)16-7-2-3-8-19-16/h4-6,9H,2-3,7-8,10H2,1H3,(H,15,18). The summed E-state index contributed by atoms with van der Waals surface area (Å²) in [5.74, 6) is -0.449. The first-order valence-electron chi connectivity index (χ1n) is 6.45. The fraction of sp³-hybridized carbons (Fsp3) is 0.429. The first-order chi connectivity index (χ1) is 9.16. The molecule has 1 N–H and O–H groups in total. The predicted octanol–water partition coefficient (Wildman–Crippen LogP) is 1.28. The Hall–Kier alpha value is -1.88. The van der Waals surface area contributed by atoms with E-state index >= 15 is 0 Å². The molecule has 5 heteroatoms. The van der Waals surface area contributed by atoms with Gasteiger partial charge in [-0.15, -0.1) is 0 Å². The van der Waals surface area contributed by atoms with Gasteiger partial charge in [-0.2, -0.15) is 0 Å². The highest BCUT2D eigenvalue weighted by molar-refractivity contribution is 5.96. The second kappa shape index (κ2) is 6.33. The average molecular weight is 262 g/mol. The highest BCUT2D eigenvalue weighted by Crippen LogP contribution is 2.06. The van der Waals surface area contributed by atoms with Crippen molar-refractivity contribution in [3.63, 3.8) is 0 Å². The lowest BCUT2D eigenvalue weighted by molar-refractivity contribution is -0.195. The molecule has 0 bridgehead atoms. The SMILES string of the molecule is Cc1cccc(C(=O)NCC(=O)N2CCCCO2)c1. The zero-order valence-corrected chi connectivity index (χ0v) is 11.0. The van der Waals surface area contributed by atoms with Gasteiger partial charge in [-0.05, 0) is 31.9 Å². The average Bonchev–Trinajstić information content (AvgIpc) is 2.45. The van der Waals surface area contributed by atoms with Crippen LogP contribution in [0.5, 0.6) is 0 Å². The zero-order chi connectivity index (χ0) is 13.7. The summed E-state index contributed by atoms with van der Waals surface area (Å²) >= 11 is 0. The number of carbonyl (C=O) groups excluding carboxylic acids is 2. The molecule has 0 aromatic heterocycles. The van der Waals surface area contributed by atoms with Gasteiger partial charge in [0.1, 0.15) is 0 Å². The fourth-order valence-corrected chi connectivity index (χ4v) is 1.93. The molecule has 1 aromatic carbocycles. The van der Waals surface area contributed by atoms with Crippen LogP contribution in [0.25, 0.3) is 0 Å². The molecule has 0 aliphatic carbocycles. The number of rotatable bonds is 3. The molecule has 1 aliphatic heterocycles. The first-order valence-corrected chi connectivity index (χ1v) is 6.45. The van der Waals surface area contributed by atoms with Gasteiger partial charge in [0.05, 0.1) is 13.2 Å². The van der Waals surface area contributed by atoms with Gasteiger partial charge in [-0.25, -0.2) is 5.06 Å². The Balaban J connectivity index is 1.84. The fourth-order valence-electron chi connectivity index (χ4n) is 1.93. The Morgan fingerprint density at radius 1 is 1.37 bits per heavy atom. The smallest absolute Gasteiger partial charge is 0.265 e. The van der Waals surface area contributed by atoms with E-state index in [-0.39, 0.29) is 18.4 Å². The Labute approximate surface area is 112 Å². The number of nitrogens with zero attached hydrogens (tertiary/aromatic N) is 1. The third-order valence-electron chi connectivity index (χ3n) is 2.96. The number of carbonyl (C=O) groups is 2. The lowest BCUT2D eigenvalue weighted by Gasteiger charge is -2.25. The Bertz CT molecular complexity index is 468. The van der Waals surface area contributed by atoms with Crippen molar-refractivity contribution in [2.75, 3.05) is 19.7 Å². The molecule has 0 radical (unpaired) electrons. The van der Waals surface area contributed by atoms with Crippen molar-refractivity contribution < 1.29 is 14.4 Å². The maximum absolute atomic E-state index is 11.9. The second-order valence-corrected chi connectivity index (χ2v) is 4.59. The van der Waals surface area contributed by atoms with Gasteiger partial charge in [0.2, 0.25) is 0 Å². The van der Waals surface area contributed by atoms with Gasteiger partial charge < -0.3 is 5.32 Å². The van der Waals surface area contributed by atoms with Crippen LogP contribution in [0.4, 0.5) is 0 Å². The summed E-state index contributed by atoms with van der Waals surface area (Å²) in [6, 6.07) is 7.25. The van der Waals surface area contributed by atoms with Crippen molar-refractivity contribution in [2.45, 2.75) is 19.8 Å². The number of nitrogens with one attached hydrogen (secondary N) is 1. The van der Waals surface area contributed by atoms with Crippen LogP contribution in [0.2, 0.25) is 0 Å². The van der Waals surface area contributed by atoms with Crippen molar-refractivity contribution in [3.8, 4) is 0 Å². The summed E-state index contributed by atoms with van der Waals surface area (Å²) in [7, 11) is 0. The third-order valence-corrected chi connectivity index (χ3v) is 2.96. The van der Waals surface area contributed by atoms with Gasteiger partial charge in [0, 0.05) is 12.1 Å². The Kier molecular flexibility index (Phi) is 4.52. The molecule has 19 heavy (non-hydrogen) atoms. The normalized spacial score (nSPS) is 15.1. The molecule has 5 nitrogen and oxygen atoms in total. The summed E-state index contributed by atoms with van der Waals surface area (Å²) in [6.45, 7) is 3.05. The highest BCUT2D eigenvalue weighted by Gasteiger charge is 2.18. The number of hydrogen-bond acceptors (Lipinski definition) is 3. The van der Waals surface area contributed by atoms with Gasteiger partial charge in [-0.3, -0.25) is 14.4 Å². The summed E-state index contributed by atoms with van der Waals surface area (Å²) in [4.78, 5) is 28.9. The van der Waals surface area contributed by atoms with Gasteiger partial charge in [0.25, 0.3) is 11.8 Å². The molecule has 2 rings (SSSR count). The number of hydrogen-bond donors (Lipinski definition) is 1. The molecule has 0 spiro atoms. The third kappa shape index (κ3) is 3.79. The summed E-state index contributed by atoms with van der Waals surface area (Å²) in [5.41, 5.74) is 1.57. The molecular weight excluding hydrogens is 244 g/mol. The molecule has 102 valence electrons. The molecule has 1 fully saturated rings. The van der Waals surface area contributed by atoms with Crippen LogP contribution in [0.15, 0.2) is 24.3 Å². The number of aryl methyl sites for hydroxylation is 1. The van der Waals surface area contributed by atoms with Gasteiger partial charge in [-0.1, -0.05) is 17.7 Å². The highest BCUT2D eigenvalue weighted by atomic mass is 16.7. The van der Waals surface area contributed by atoms with E-state index < -0.39 is 0 Å². The summed E-state index contributed by atoms with van der Waals surface area (Å²) < 4.78 is 0. The van der Waals surface area contributed by atoms with E-state index in [4.69, 9.17) is 4.84 Å². The van der Waals surface area contributed by atoms with E-state index in [1.807, 2.05) is 19.1 Å². The topological polar surface area (TPSA) is 58.6 Å². The van der Waals surface area contributed by atoms with Crippen LogP contribution < -0.4 is 5.32 Å².